The first-order chi connectivity index (χ1) is 6.98. The molecule has 1 aromatic heterocycles. The van der Waals surface area contributed by atoms with E-state index in [9.17, 15) is 13.2 Å². The van der Waals surface area contributed by atoms with Crippen LogP contribution in [0, 0.1) is 11.3 Å². The molecule has 15 heavy (non-hydrogen) atoms. The first kappa shape index (κ1) is 11.5. The van der Waals surface area contributed by atoms with Crippen LogP contribution < -0.4 is 0 Å². The molecule has 0 aromatic carbocycles. The zero-order valence-electron chi connectivity index (χ0n) is 8.04. The lowest BCUT2D eigenvalue weighted by Crippen LogP contribution is -2.20. The van der Waals surface area contributed by atoms with Gasteiger partial charge in [-0.1, -0.05) is 12.1 Å². The van der Waals surface area contributed by atoms with Crippen molar-refractivity contribution in [3.8, 4) is 6.07 Å². The molecule has 1 aromatic rings. The molecule has 0 saturated carbocycles. The third kappa shape index (κ3) is 2.94. The number of nitrogens with zero attached hydrogens (tertiary/aromatic N) is 4. The quantitative estimate of drug-likeness (QED) is 0.771. The van der Waals surface area contributed by atoms with Gasteiger partial charge >= 0.3 is 6.18 Å². The predicted octanol–water partition coefficient (Wildman–Crippen LogP) is 1.47. The summed E-state index contributed by atoms with van der Waals surface area (Å²) in [6.45, 7) is 0.543. The van der Waals surface area contributed by atoms with Crippen LogP contribution >= 0.6 is 0 Å². The van der Waals surface area contributed by atoms with Crippen molar-refractivity contribution in [2.24, 2.45) is 0 Å². The second-order valence-corrected chi connectivity index (χ2v) is 2.94. The van der Waals surface area contributed by atoms with Gasteiger partial charge in [0, 0.05) is 0 Å². The average Bonchev–Trinajstić information content (AvgIpc) is 2.45. The fraction of sp³-hybridized carbons (Fsp3) is 0.625. The fourth-order valence-electron chi connectivity index (χ4n) is 1.26. The zero-order valence-corrected chi connectivity index (χ0v) is 8.04. The highest BCUT2D eigenvalue weighted by Crippen LogP contribution is 2.19. The van der Waals surface area contributed by atoms with Crippen molar-refractivity contribution in [3.63, 3.8) is 0 Å². The summed E-state index contributed by atoms with van der Waals surface area (Å²) in [6.07, 6.45) is -3.96. The third-order valence-electron chi connectivity index (χ3n) is 1.83. The maximum Gasteiger partial charge on any atom is 0.408 e. The predicted molar refractivity (Wildman–Crippen MR) is 44.8 cm³/mol. The highest BCUT2D eigenvalue weighted by atomic mass is 19.4. The molecule has 0 fully saturated rings. The number of hydrogen-bond acceptors (Lipinski definition) is 3. The normalized spacial score (nSPS) is 11.4. The monoisotopic (exact) mass is 218 g/mol. The summed E-state index contributed by atoms with van der Waals surface area (Å²) in [7, 11) is 0. The van der Waals surface area contributed by atoms with Crippen molar-refractivity contribution in [1.29, 1.82) is 5.26 Å². The van der Waals surface area contributed by atoms with Crippen LogP contribution in [0.5, 0.6) is 0 Å². The molecule has 0 N–H and O–H groups in total. The van der Waals surface area contributed by atoms with Crippen LogP contribution in [0.1, 0.15) is 18.3 Å². The van der Waals surface area contributed by atoms with Gasteiger partial charge in [-0.05, 0) is 6.42 Å². The molecule has 0 aliphatic carbocycles. The summed E-state index contributed by atoms with van der Waals surface area (Å²) in [5.74, 6) is 0. The summed E-state index contributed by atoms with van der Waals surface area (Å²) in [6, 6.07) is 1.84. The van der Waals surface area contributed by atoms with E-state index in [1.54, 1.807) is 6.92 Å². The first-order valence-electron chi connectivity index (χ1n) is 4.33. The van der Waals surface area contributed by atoms with Crippen molar-refractivity contribution in [1.82, 2.24) is 15.0 Å². The molecule has 0 saturated heterocycles. The van der Waals surface area contributed by atoms with Crippen molar-refractivity contribution < 1.29 is 13.2 Å². The molecular formula is C8H9F3N4. The van der Waals surface area contributed by atoms with Crippen LogP contribution in [-0.2, 0) is 19.4 Å². The number of alkyl halides is 3. The third-order valence-corrected chi connectivity index (χ3v) is 1.83. The Kier molecular flexibility index (Phi) is 3.29. The van der Waals surface area contributed by atoms with Gasteiger partial charge in [-0.25, -0.2) is 4.68 Å². The van der Waals surface area contributed by atoms with Gasteiger partial charge in [0.15, 0.2) is 0 Å². The molecule has 82 valence electrons. The van der Waals surface area contributed by atoms with E-state index in [2.05, 4.69) is 10.3 Å². The Morgan fingerprint density at radius 1 is 1.47 bits per heavy atom. The highest BCUT2D eigenvalue weighted by molar-refractivity contribution is 5.14. The van der Waals surface area contributed by atoms with Gasteiger partial charge < -0.3 is 0 Å². The van der Waals surface area contributed by atoms with Crippen LogP contribution in [-0.4, -0.2) is 21.2 Å². The van der Waals surface area contributed by atoms with Gasteiger partial charge in [0.25, 0.3) is 0 Å². The lowest BCUT2D eigenvalue weighted by molar-refractivity contribution is -0.143. The van der Waals surface area contributed by atoms with E-state index in [0.717, 1.165) is 4.68 Å². The largest absolute Gasteiger partial charge is 0.408 e. The number of aromatic nitrogens is 3. The second-order valence-electron chi connectivity index (χ2n) is 2.94. The van der Waals surface area contributed by atoms with Gasteiger partial charge in [-0.2, -0.15) is 18.4 Å². The van der Waals surface area contributed by atoms with E-state index in [1.807, 2.05) is 6.07 Å². The Balaban J connectivity index is 2.95. The molecular weight excluding hydrogens is 209 g/mol. The van der Waals surface area contributed by atoms with Crippen LogP contribution in [0.2, 0.25) is 0 Å². The van der Waals surface area contributed by atoms with E-state index in [-0.39, 0.29) is 6.42 Å². The Bertz CT molecular complexity index is 374. The average molecular weight is 218 g/mol. The summed E-state index contributed by atoms with van der Waals surface area (Å²) < 4.78 is 37.1. The van der Waals surface area contributed by atoms with Crippen molar-refractivity contribution in [2.75, 3.05) is 0 Å². The Labute approximate surface area is 84.3 Å². The summed E-state index contributed by atoms with van der Waals surface area (Å²) in [4.78, 5) is 0. The molecule has 0 spiro atoms. The van der Waals surface area contributed by atoms with Crippen molar-refractivity contribution in [3.05, 3.63) is 11.4 Å². The van der Waals surface area contributed by atoms with Gasteiger partial charge in [0.1, 0.15) is 6.54 Å². The lowest BCUT2D eigenvalue weighted by atomic mass is 10.2. The standard InChI is InChI=1S/C8H9F3N4/c1-2-7-6(3-4-12)13-14-15(7)5-8(9,10)11/h2-3,5H2,1H3. The minimum atomic E-state index is -4.32. The summed E-state index contributed by atoms with van der Waals surface area (Å²) in [5, 5.41) is 15.4. The molecule has 1 rings (SSSR count). The van der Waals surface area contributed by atoms with E-state index in [1.165, 1.54) is 0 Å². The minimum absolute atomic E-state index is 0.0129. The topological polar surface area (TPSA) is 54.5 Å². The number of nitriles is 1. The zero-order chi connectivity index (χ0) is 11.5. The molecule has 0 unspecified atom stereocenters. The maximum absolute atomic E-state index is 12.1. The number of rotatable bonds is 3. The van der Waals surface area contributed by atoms with Gasteiger partial charge in [0.2, 0.25) is 0 Å². The van der Waals surface area contributed by atoms with Crippen molar-refractivity contribution >= 4 is 0 Å². The summed E-state index contributed by atoms with van der Waals surface area (Å²) >= 11 is 0. The van der Waals surface area contributed by atoms with Crippen LogP contribution in [0.3, 0.4) is 0 Å². The molecule has 0 amide bonds. The first-order valence-corrected chi connectivity index (χ1v) is 4.33. The molecule has 0 aliphatic rings. The van der Waals surface area contributed by atoms with E-state index < -0.39 is 12.7 Å². The molecule has 4 nitrogen and oxygen atoms in total. The number of halogens is 3. The SMILES string of the molecule is CCc1c(CC#N)nnn1CC(F)(F)F. The van der Waals surface area contributed by atoms with Gasteiger partial charge in [-0.15, -0.1) is 5.10 Å². The van der Waals surface area contributed by atoms with E-state index in [4.69, 9.17) is 5.26 Å². The van der Waals surface area contributed by atoms with Crippen LogP contribution in [0.4, 0.5) is 13.2 Å². The number of hydrogen-bond donors (Lipinski definition) is 0. The molecule has 7 heteroatoms. The van der Waals surface area contributed by atoms with Crippen LogP contribution in [0.15, 0.2) is 0 Å². The Morgan fingerprint density at radius 2 is 2.13 bits per heavy atom. The van der Waals surface area contributed by atoms with Crippen molar-refractivity contribution in [2.45, 2.75) is 32.5 Å². The van der Waals surface area contributed by atoms with E-state index >= 15 is 0 Å². The Morgan fingerprint density at radius 3 is 2.60 bits per heavy atom. The minimum Gasteiger partial charge on any atom is -0.240 e. The smallest absolute Gasteiger partial charge is 0.240 e. The molecule has 0 aliphatic heterocycles. The molecule has 0 bridgehead atoms. The second kappa shape index (κ2) is 4.29. The fourth-order valence-corrected chi connectivity index (χ4v) is 1.26. The highest BCUT2D eigenvalue weighted by Gasteiger charge is 2.30. The lowest BCUT2D eigenvalue weighted by Gasteiger charge is -2.08. The maximum atomic E-state index is 12.1. The van der Waals surface area contributed by atoms with Gasteiger partial charge in [-0.3, -0.25) is 0 Å². The molecule has 1 heterocycles. The van der Waals surface area contributed by atoms with Gasteiger partial charge in [0.05, 0.1) is 23.9 Å². The van der Waals surface area contributed by atoms with E-state index in [0.29, 0.717) is 17.8 Å². The Hall–Kier alpha value is -1.58. The van der Waals surface area contributed by atoms with Crippen LogP contribution in [0.25, 0.3) is 0 Å². The molecule has 0 atom stereocenters. The molecule has 0 radical (unpaired) electrons. The summed E-state index contributed by atoms with van der Waals surface area (Å²) in [5.41, 5.74) is 0.693.